The van der Waals surface area contributed by atoms with E-state index in [1.807, 2.05) is 0 Å². The van der Waals surface area contributed by atoms with Gasteiger partial charge >= 0.3 is 6.18 Å². The molecule has 0 aliphatic carbocycles. The van der Waals surface area contributed by atoms with Crippen LogP contribution in [0.25, 0.3) is 16.7 Å². The van der Waals surface area contributed by atoms with Crippen LogP contribution in [-0.4, -0.2) is 15.5 Å². The first kappa shape index (κ1) is 18.2. The van der Waals surface area contributed by atoms with Gasteiger partial charge in [-0.1, -0.05) is 29.8 Å². The topological polar surface area (TPSA) is 86.9 Å². The number of hydrogen-bond acceptors (Lipinski definition) is 3. The Labute approximate surface area is 151 Å². The molecule has 1 aromatic carbocycles. The number of halogens is 4. The molecule has 3 rings (SSSR count). The van der Waals surface area contributed by atoms with E-state index in [1.165, 1.54) is 0 Å². The Kier molecular flexibility index (Phi) is 4.64. The van der Waals surface area contributed by atoms with Crippen molar-refractivity contribution >= 4 is 28.4 Å². The summed E-state index contributed by atoms with van der Waals surface area (Å²) in [5.74, 6) is -0.423. The van der Waals surface area contributed by atoms with Crippen molar-refractivity contribution in [3.63, 3.8) is 0 Å². The fourth-order valence-electron chi connectivity index (χ4n) is 2.77. The molecule has 0 spiro atoms. The van der Waals surface area contributed by atoms with Gasteiger partial charge in [0.25, 0.3) is 0 Å². The Morgan fingerprint density at radius 1 is 1.31 bits per heavy atom. The van der Waals surface area contributed by atoms with Gasteiger partial charge in [0.15, 0.2) is 5.82 Å². The zero-order valence-corrected chi connectivity index (χ0v) is 14.1. The predicted octanol–water partition coefficient (Wildman–Crippen LogP) is 3.57. The number of carbonyl (C=O) groups excluding carboxylic acids is 1. The SMILES string of the molecule is NC(=O)CC(N)c1cn(-c2ncc(C(F)(F)F)cc2Cl)c2ccccc12. The van der Waals surface area contributed by atoms with Gasteiger partial charge in [0.1, 0.15) is 0 Å². The van der Waals surface area contributed by atoms with Crippen LogP contribution in [0.3, 0.4) is 0 Å². The first-order valence-electron chi connectivity index (χ1n) is 7.55. The molecule has 0 fully saturated rings. The molecule has 2 heterocycles. The molecular formula is C17H14ClF3N4O. The quantitative estimate of drug-likeness (QED) is 0.723. The first-order chi connectivity index (χ1) is 12.2. The number of nitrogens with two attached hydrogens (primary N) is 2. The van der Waals surface area contributed by atoms with E-state index in [0.717, 1.165) is 17.6 Å². The fraction of sp³-hybridized carbons (Fsp3) is 0.176. The minimum atomic E-state index is -4.54. The van der Waals surface area contributed by atoms with Crippen molar-refractivity contribution in [2.45, 2.75) is 18.6 Å². The van der Waals surface area contributed by atoms with Crippen LogP contribution in [0, 0.1) is 0 Å². The number of hydrogen-bond donors (Lipinski definition) is 2. The standard InChI is InChI=1S/C17H14ClF3N4O/c18-12-5-9(17(19,20)21)7-24-16(12)25-8-11(13(22)6-15(23)26)10-3-1-2-4-14(10)25/h1-5,7-8,13H,6,22H2,(H2,23,26). The summed E-state index contributed by atoms with van der Waals surface area (Å²) < 4.78 is 40.0. The molecule has 9 heteroatoms. The average molecular weight is 383 g/mol. The number of rotatable bonds is 4. The van der Waals surface area contributed by atoms with Crippen molar-refractivity contribution in [3.8, 4) is 5.82 Å². The Morgan fingerprint density at radius 3 is 2.62 bits per heavy atom. The third kappa shape index (κ3) is 3.38. The summed E-state index contributed by atoms with van der Waals surface area (Å²) in [4.78, 5) is 15.1. The highest BCUT2D eigenvalue weighted by Crippen LogP contribution is 2.34. The Hall–Kier alpha value is -2.58. The molecule has 0 saturated heterocycles. The Balaban J connectivity index is 2.16. The normalized spacial score (nSPS) is 13.1. The maximum atomic E-state index is 12.8. The minimum Gasteiger partial charge on any atom is -0.370 e. The van der Waals surface area contributed by atoms with Crippen molar-refractivity contribution in [1.82, 2.24) is 9.55 Å². The summed E-state index contributed by atoms with van der Waals surface area (Å²) in [5.41, 5.74) is 11.6. The molecule has 136 valence electrons. The molecule has 1 atom stereocenters. The van der Waals surface area contributed by atoms with Crippen LogP contribution in [0.1, 0.15) is 23.6 Å². The zero-order valence-electron chi connectivity index (χ0n) is 13.3. The number of carbonyl (C=O) groups is 1. The van der Waals surface area contributed by atoms with Crippen LogP contribution in [0.15, 0.2) is 42.7 Å². The average Bonchev–Trinajstić information content (AvgIpc) is 2.93. The second-order valence-electron chi connectivity index (χ2n) is 5.78. The van der Waals surface area contributed by atoms with Crippen molar-refractivity contribution in [1.29, 1.82) is 0 Å². The van der Waals surface area contributed by atoms with Gasteiger partial charge < -0.3 is 11.5 Å². The number of pyridine rings is 1. The second-order valence-corrected chi connectivity index (χ2v) is 6.18. The lowest BCUT2D eigenvalue weighted by atomic mass is 10.0. The molecule has 4 N–H and O–H groups in total. The van der Waals surface area contributed by atoms with Gasteiger partial charge in [-0.3, -0.25) is 9.36 Å². The molecule has 5 nitrogen and oxygen atoms in total. The molecule has 1 unspecified atom stereocenters. The van der Waals surface area contributed by atoms with Gasteiger partial charge in [0, 0.05) is 30.2 Å². The number of alkyl halides is 3. The number of para-hydroxylation sites is 1. The third-order valence-electron chi connectivity index (χ3n) is 3.94. The summed E-state index contributed by atoms with van der Waals surface area (Å²) in [6.45, 7) is 0. The lowest BCUT2D eigenvalue weighted by Crippen LogP contribution is -2.20. The lowest BCUT2D eigenvalue weighted by molar-refractivity contribution is -0.137. The van der Waals surface area contributed by atoms with E-state index in [4.69, 9.17) is 23.1 Å². The minimum absolute atomic E-state index is 0.0673. The molecule has 0 aliphatic heterocycles. The molecule has 26 heavy (non-hydrogen) atoms. The number of benzene rings is 1. The largest absolute Gasteiger partial charge is 0.417 e. The fourth-order valence-corrected chi connectivity index (χ4v) is 3.02. The van der Waals surface area contributed by atoms with Crippen molar-refractivity contribution in [2.24, 2.45) is 11.5 Å². The summed E-state index contributed by atoms with van der Waals surface area (Å²) >= 11 is 6.05. The van der Waals surface area contributed by atoms with Crippen LogP contribution in [0.4, 0.5) is 13.2 Å². The molecule has 0 radical (unpaired) electrons. The van der Waals surface area contributed by atoms with Crippen LogP contribution in [0.2, 0.25) is 5.02 Å². The van der Waals surface area contributed by atoms with E-state index < -0.39 is 23.7 Å². The molecule has 1 amide bonds. The van der Waals surface area contributed by atoms with Crippen molar-refractivity contribution in [2.75, 3.05) is 0 Å². The van der Waals surface area contributed by atoms with Crippen LogP contribution in [-0.2, 0) is 11.0 Å². The van der Waals surface area contributed by atoms with E-state index >= 15 is 0 Å². The highest BCUT2D eigenvalue weighted by atomic mass is 35.5. The molecule has 3 aromatic rings. The second kappa shape index (κ2) is 6.62. The van der Waals surface area contributed by atoms with Crippen molar-refractivity contribution < 1.29 is 18.0 Å². The molecule has 0 saturated carbocycles. The van der Waals surface area contributed by atoms with E-state index in [0.29, 0.717) is 11.1 Å². The van der Waals surface area contributed by atoms with Gasteiger partial charge in [-0.2, -0.15) is 13.2 Å². The number of fused-ring (bicyclic) bond motifs is 1. The van der Waals surface area contributed by atoms with Crippen LogP contribution < -0.4 is 11.5 Å². The van der Waals surface area contributed by atoms with E-state index in [-0.39, 0.29) is 17.3 Å². The highest BCUT2D eigenvalue weighted by Gasteiger charge is 2.32. The van der Waals surface area contributed by atoms with Crippen LogP contribution in [0.5, 0.6) is 0 Å². The van der Waals surface area contributed by atoms with Gasteiger partial charge in [-0.15, -0.1) is 0 Å². The number of amides is 1. The Bertz CT molecular complexity index is 984. The molecule has 0 aliphatic rings. The summed E-state index contributed by atoms with van der Waals surface area (Å²) in [6, 6.07) is 7.26. The Morgan fingerprint density at radius 2 is 2.00 bits per heavy atom. The zero-order chi connectivity index (χ0) is 19.1. The smallest absolute Gasteiger partial charge is 0.370 e. The third-order valence-corrected chi connectivity index (χ3v) is 4.22. The van der Waals surface area contributed by atoms with E-state index in [1.54, 1.807) is 35.0 Å². The van der Waals surface area contributed by atoms with E-state index in [2.05, 4.69) is 4.98 Å². The summed E-state index contributed by atoms with van der Waals surface area (Å²) in [6.07, 6.45) is -2.27. The summed E-state index contributed by atoms with van der Waals surface area (Å²) in [7, 11) is 0. The van der Waals surface area contributed by atoms with Gasteiger partial charge in [-0.25, -0.2) is 4.98 Å². The maximum absolute atomic E-state index is 12.8. The molecule has 0 bridgehead atoms. The molecular weight excluding hydrogens is 369 g/mol. The van der Waals surface area contributed by atoms with E-state index in [9.17, 15) is 18.0 Å². The number of primary amides is 1. The highest BCUT2D eigenvalue weighted by molar-refractivity contribution is 6.32. The first-order valence-corrected chi connectivity index (χ1v) is 7.93. The van der Waals surface area contributed by atoms with Gasteiger partial charge in [0.05, 0.1) is 16.1 Å². The van der Waals surface area contributed by atoms with Gasteiger partial charge in [-0.05, 0) is 17.7 Å². The number of nitrogens with zero attached hydrogens (tertiary/aromatic N) is 2. The summed E-state index contributed by atoms with van der Waals surface area (Å²) in [5, 5.41) is 0.578. The number of aromatic nitrogens is 2. The monoisotopic (exact) mass is 382 g/mol. The predicted molar refractivity (Wildman–Crippen MR) is 91.8 cm³/mol. The lowest BCUT2D eigenvalue weighted by Gasteiger charge is -2.10. The maximum Gasteiger partial charge on any atom is 0.417 e. The molecule has 2 aromatic heterocycles. The van der Waals surface area contributed by atoms with Gasteiger partial charge in [0.2, 0.25) is 5.91 Å². The van der Waals surface area contributed by atoms with Crippen LogP contribution >= 0.6 is 11.6 Å². The van der Waals surface area contributed by atoms with Crippen molar-refractivity contribution in [3.05, 3.63) is 58.9 Å².